The van der Waals surface area contributed by atoms with Gasteiger partial charge in [0, 0.05) is 6.08 Å². The second-order valence-electron chi connectivity index (χ2n) is 3.64. The summed E-state index contributed by atoms with van der Waals surface area (Å²) in [6.45, 7) is 0. The minimum absolute atomic E-state index is 0.303. The first-order chi connectivity index (χ1) is 9.15. The number of hydrogen-bond acceptors (Lipinski definition) is 3. The number of nitrogens with zero attached hydrogens (tertiary/aromatic N) is 1. The fourth-order valence-electron chi connectivity index (χ4n) is 1.37. The molecule has 96 valence electrons. The number of carbonyl (C=O) groups excluding carboxylic acids is 1. The zero-order valence-electron chi connectivity index (χ0n) is 9.76. The number of hydrogen-bond donors (Lipinski definition) is 2. The van der Waals surface area contributed by atoms with E-state index in [1.807, 2.05) is 30.3 Å². The summed E-state index contributed by atoms with van der Waals surface area (Å²) < 4.78 is 13.2. The highest BCUT2D eigenvalue weighted by Crippen LogP contribution is 2.06. The van der Waals surface area contributed by atoms with E-state index in [2.05, 4.69) is 15.3 Å². The molecule has 0 aliphatic rings. The average molecular weight is 259 g/mol. The van der Waals surface area contributed by atoms with Gasteiger partial charge in [-0.3, -0.25) is 9.78 Å². The molecule has 2 N–H and O–H groups in total. The van der Waals surface area contributed by atoms with Gasteiger partial charge < -0.3 is 5.32 Å². The molecule has 0 aliphatic carbocycles. The molecule has 1 aromatic carbocycles. The molecule has 5 nitrogen and oxygen atoms in total. The maximum absolute atomic E-state index is 13.2. The monoisotopic (exact) mass is 259 g/mol. The number of amides is 1. The molecule has 2 rings (SSSR count). The Balaban J connectivity index is 2.08. The van der Waals surface area contributed by atoms with E-state index in [9.17, 15) is 14.0 Å². The van der Waals surface area contributed by atoms with Crippen LogP contribution in [-0.4, -0.2) is 15.9 Å². The normalized spacial score (nSPS) is 10.6. The minimum Gasteiger partial charge on any atom is -0.306 e. The second-order valence-corrected chi connectivity index (χ2v) is 3.64. The van der Waals surface area contributed by atoms with E-state index in [1.165, 1.54) is 6.08 Å². The number of rotatable bonds is 3. The van der Waals surface area contributed by atoms with E-state index in [1.54, 1.807) is 6.08 Å². The molecule has 0 aliphatic heterocycles. The van der Waals surface area contributed by atoms with Gasteiger partial charge in [0.05, 0.1) is 6.20 Å². The molecule has 0 saturated carbocycles. The summed E-state index contributed by atoms with van der Waals surface area (Å²) in [7, 11) is 0. The summed E-state index contributed by atoms with van der Waals surface area (Å²) in [6.07, 6.45) is 3.56. The summed E-state index contributed by atoms with van der Waals surface area (Å²) in [5, 5.41) is 2.22. The molecule has 2 aromatic rings. The standard InChI is InChI=1S/C13H10FN3O2/c14-10-8-15-13(19)17-12(10)16-11(18)7-6-9-4-2-1-3-5-9/h1-8H,(H2,15,16,17,18,19)/b7-6+. The zero-order chi connectivity index (χ0) is 13.7. The Morgan fingerprint density at radius 1 is 1.32 bits per heavy atom. The van der Waals surface area contributed by atoms with Gasteiger partial charge in [-0.1, -0.05) is 30.3 Å². The smallest absolute Gasteiger partial charge is 0.306 e. The van der Waals surface area contributed by atoms with E-state index < -0.39 is 17.4 Å². The van der Waals surface area contributed by atoms with Gasteiger partial charge in [0.1, 0.15) is 0 Å². The maximum atomic E-state index is 13.2. The number of anilines is 1. The van der Waals surface area contributed by atoms with Gasteiger partial charge >= 0.3 is 5.69 Å². The van der Waals surface area contributed by atoms with Gasteiger partial charge in [-0.15, -0.1) is 0 Å². The number of nitrogens with one attached hydrogen (secondary N) is 2. The van der Waals surface area contributed by atoms with Crippen molar-refractivity contribution in [3.05, 3.63) is 64.5 Å². The van der Waals surface area contributed by atoms with Crippen LogP contribution in [0.3, 0.4) is 0 Å². The van der Waals surface area contributed by atoms with E-state index in [0.717, 1.165) is 11.8 Å². The number of H-pyrrole nitrogens is 1. The Morgan fingerprint density at radius 2 is 2.05 bits per heavy atom. The van der Waals surface area contributed by atoms with E-state index in [0.29, 0.717) is 0 Å². The SMILES string of the molecule is O=C(/C=C/c1ccccc1)Nc1[nH]c(=O)ncc1F. The molecular formula is C13H10FN3O2. The molecule has 0 spiro atoms. The molecule has 0 atom stereocenters. The van der Waals surface area contributed by atoms with Crippen LogP contribution in [0.5, 0.6) is 0 Å². The van der Waals surface area contributed by atoms with Crippen molar-refractivity contribution in [2.45, 2.75) is 0 Å². The molecule has 1 heterocycles. The van der Waals surface area contributed by atoms with Crippen LogP contribution in [0.25, 0.3) is 6.08 Å². The fourth-order valence-corrected chi connectivity index (χ4v) is 1.37. The lowest BCUT2D eigenvalue weighted by Gasteiger charge is -2.01. The largest absolute Gasteiger partial charge is 0.346 e. The highest BCUT2D eigenvalue weighted by atomic mass is 19.1. The molecular weight excluding hydrogens is 249 g/mol. The Morgan fingerprint density at radius 3 is 2.79 bits per heavy atom. The van der Waals surface area contributed by atoms with Crippen LogP contribution in [0.2, 0.25) is 0 Å². The van der Waals surface area contributed by atoms with Crippen LogP contribution >= 0.6 is 0 Å². The molecule has 0 fully saturated rings. The molecule has 1 amide bonds. The molecule has 0 radical (unpaired) electrons. The number of benzene rings is 1. The third-order valence-electron chi connectivity index (χ3n) is 2.24. The van der Waals surface area contributed by atoms with Crippen molar-refractivity contribution in [3.63, 3.8) is 0 Å². The third kappa shape index (κ3) is 3.60. The predicted octanol–water partition coefficient (Wildman–Crippen LogP) is 1.56. The highest BCUT2D eigenvalue weighted by Gasteiger charge is 2.05. The highest BCUT2D eigenvalue weighted by molar-refractivity contribution is 6.01. The predicted molar refractivity (Wildman–Crippen MR) is 68.9 cm³/mol. The Hall–Kier alpha value is -2.76. The zero-order valence-corrected chi connectivity index (χ0v) is 9.76. The molecule has 6 heteroatoms. The third-order valence-corrected chi connectivity index (χ3v) is 2.24. The lowest BCUT2D eigenvalue weighted by atomic mass is 10.2. The topological polar surface area (TPSA) is 74.8 Å². The van der Waals surface area contributed by atoms with Crippen molar-refractivity contribution < 1.29 is 9.18 Å². The van der Waals surface area contributed by atoms with E-state index in [-0.39, 0.29) is 5.82 Å². The van der Waals surface area contributed by atoms with E-state index >= 15 is 0 Å². The minimum atomic E-state index is -0.805. The van der Waals surface area contributed by atoms with Crippen LogP contribution in [0.4, 0.5) is 10.2 Å². The van der Waals surface area contributed by atoms with Crippen LogP contribution in [0.15, 0.2) is 47.4 Å². The summed E-state index contributed by atoms with van der Waals surface area (Å²) in [5.41, 5.74) is 0.102. The summed E-state index contributed by atoms with van der Waals surface area (Å²) in [6, 6.07) is 9.15. The van der Waals surface area contributed by atoms with Crippen molar-refractivity contribution in [1.29, 1.82) is 0 Å². The molecule has 0 unspecified atom stereocenters. The van der Waals surface area contributed by atoms with Crippen molar-refractivity contribution in [2.24, 2.45) is 0 Å². The van der Waals surface area contributed by atoms with Gasteiger partial charge in [0.25, 0.3) is 0 Å². The molecule has 0 saturated heterocycles. The molecule has 19 heavy (non-hydrogen) atoms. The fraction of sp³-hybridized carbons (Fsp3) is 0. The van der Waals surface area contributed by atoms with E-state index in [4.69, 9.17) is 0 Å². The second kappa shape index (κ2) is 5.72. The van der Waals surface area contributed by atoms with Crippen molar-refractivity contribution in [3.8, 4) is 0 Å². The molecule has 1 aromatic heterocycles. The van der Waals surface area contributed by atoms with Crippen LogP contribution in [0, 0.1) is 5.82 Å². The average Bonchev–Trinajstić information content (AvgIpc) is 2.42. The van der Waals surface area contributed by atoms with Crippen molar-refractivity contribution in [1.82, 2.24) is 9.97 Å². The first-order valence-electron chi connectivity index (χ1n) is 5.44. The molecule has 0 bridgehead atoms. The van der Waals surface area contributed by atoms with Crippen molar-refractivity contribution >= 4 is 17.8 Å². The summed E-state index contributed by atoms with van der Waals surface area (Å²) in [5.74, 6) is -1.66. The summed E-state index contributed by atoms with van der Waals surface area (Å²) in [4.78, 5) is 27.7. The number of carbonyl (C=O) groups is 1. The quantitative estimate of drug-likeness (QED) is 0.821. The van der Waals surface area contributed by atoms with Gasteiger partial charge in [-0.25, -0.2) is 9.18 Å². The van der Waals surface area contributed by atoms with Gasteiger partial charge in [0.2, 0.25) is 5.91 Å². The van der Waals surface area contributed by atoms with Crippen LogP contribution in [-0.2, 0) is 4.79 Å². The van der Waals surface area contributed by atoms with Gasteiger partial charge in [-0.05, 0) is 11.6 Å². The first kappa shape index (κ1) is 12.7. The van der Waals surface area contributed by atoms with Gasteiger partial charge in [0.15, 0.2) is 11.6 Å². The number of aromatic nitrogens is 2. The van der Waals surface area contributed by atoms with Crippen LogP contribution < -0.4 is 11.0 Å². The lowest BCUT2D eigenvalue weighted by Crippen LogP contribution is -2.18. The first-order valence-corrected chi connectivity index (χ1v) is 5.44. The van der Waals surface area contributed by atoms with Crippen molar-refractivity contribution in [2.75, 3.05) is 5.32 Å². The summed E-state index contributed by atoms with van der Waals surface area (Å²) >= 11 is 0. The lowest BCUT2D eigenvalue weighted by molar-refractivity contribution is -0.111. The maximum Gasteiger partial charge on any atom is 0.346 e. The number of aromatic amines is 1. The number of halogens is 1. The Labute approximate surface area is 107 Å². The van der Waals surface area contributed by atoms with Crippen LogP contribution in [0.1, 0.15) is 5.56 Å². The Bertz CT molecular complexity index is 665. The van der Waals surface area contributed by atoms with Gasteiger partial charge in [-0.2, -0.15) is 4.98 Å². The Kier molecular flexibility index (Phi) is 3.82.